The molecule has 2 aromatic rings. The molecule has 0 saturated carbocycles. The number of aryl methyl sites for hydroxylation is 1. The van der Waals surface area contributed by atoms with Crippen molar-refractivity contribution in [3.05, 3.63) is 59.2 Å². The van der Waals surface area contributed by atoms with Crippen molar-refractivity contribution in [2.75, 3.05) is 25.5 Å². The Kier molecular flexibility index (Phi) is 5.64. The molecule has 3 rings (SSSR count). The maximum absolute atomic E-state index is 12.2. The van der Waals surface area contributed by atoms with Gasteiger partial charge in [0.15, 0.2) is 11.5 Å². The van der Waals surface area contributed by atoms with E-state index >= 15 is 0 Å². The van der Waals surface area contributed by atoms with Crippen LogP contribution in [0, 0.1) is 6.92 Å². The summed E-state index contributed by atoms with van der Waals surface area (Å²) in [6.45, 7) is 3.84. The van der Waals surface area contributed by atoms with E-state index in [1.54, 1.807) is 18.2 Å². The van der Waals surface area contributed by atoms with E-state index in [1.165, 1.54) is 11.1 Å². The lowest BCUT2D eigenvalue weighted by molar-refractivity contribution is 0.0955. The lowest BCUT2D eigenvalue weighted by Crippen LogP contribution is -2.26. The zero-order valence-corrected chi connectivity index (χ0v) is 14.5. The maximum Gasteiger partial charge on any atom is 0.251 e. The first-order valence-corrected chi connectivity index (χ1v) is 9.19. The molecule has 0 saturated heterocycles. The lowest BCUT2D eigenvalue weighted by atomic mass is 10.1. The highest BCUT2D eigenvalue weighted by Gasteiger charge is 2.14. The molecule has 2 aromatic carbocycles. The van der Waals surface area contributed by atoms with Crippen LogP contribution in [0.25, 0.3) is 0 Å². The number of nitrogens with one attached hydrogen (secondary N) is 1. The number of ether oxygens (including phenoxy) is 2. The van der Waals surface area contributed by atoms with E-state index in [0.29, 0.717) is 36.8 Å². The van der Waals surface area contributed by atoms with Gasteiger partial charge in [0.25, 0.3) is 5.91 Å². The third kappa shape index (κ3) is 4.23. The Hall–Kier alpha value is -2.14. The van der Waals surface area contributed by atoms with Crippen molar-refractivity contribution >= 4 is 17.7 Å². The highest BCUT2D eigenvalue weighted by molar-refractivity contribution is 7.98. The molecular formula is C19H21NO3S. The molecule has 24 heavy (non-hydrogen) atoms. The predicted octanol–water partition coefficient (Wildman–Crippen LogP) is 3.43. The minimum atomic E-state index is -0.0801. The van der Waals surface area contributed by atoms with Crippen LogP contribution in [0.5, 0.6) is 11.5 Å². The second-order valence-corrected chi connectivity index (χ2v) is 6.70. The summed E-state index contributed by atoms with van der Waals surface area (Å²) in [6, 6.07) is 13.7. The van der Waals surface area contributed by atoms with Gasteiger partial charge in [0.1, 0.15) is 13.2 Å². The number of carbonyl (C=O) groups is 1. The fourth-order valence-corrected chi connectivity index (χ4v) is 3.41. The van der Waals surface area contributed by atoms with Gasteiger partial charge in [-0.2, -0.15) is 11.8 Å². The molecule has 1 N–H and O–H groups in total. The summed E-state index contributed by atoms with van der Waals surface area (Å²) in [6.07, 6.45) is 0. The highest BCUT2D eigenvalue weighted by Crippen LogP contribution is 2.30. The number of amides is 1. The summed E-state index contributed by atoms with van der Waals surface area (Å²) in [5, 5.41) is 2.95. The summed E-state index contributed by atoms with van der Waals surface area (Å²) in [7, 11) is 0. The predicted molar refractivity (Wildman–Crippen MR) is 97.1 cm³/mol. The van der Waals surface area contributed by atoms with Gasteiger partial charge in [0.2, 0.25) is 0 Å². The molecule has 1 aliphatic heterocycles. The number of thioether (sulfide) groups is 1. The van der Waals surface area contributed by atoms with Crippen LogP contribution in [0.4, 0.5) is 0 Å². The van der Waals surface area contributed by atoms with Crippen LogP contribution in [-0.4, -0.2) is 31.4 Å². The second kappa shape index (κ2) is 8.11. The van der Waals surface area contributed by atoms with Gasteiger partial charge in [-0.3, -0.25) is 4.79 Å². The van der Waals surface area contributed by atoms with Crippen molar-refractivity contribution in [3.8, 4) is 11.5 Å². The molecule has 0 unspecified atom stereocenters. The average molecular weight is 343 g/mol. The molecular weight excluding hydrogens is 322 g/mol. The first-order valence-electron chi connectivity index (χ1n) is 8.04. The minimum absolute atomic E-state index is 0.0801. The molecule has 126 valence electrons. The van der Waals surface area contributed by atoms with Crippen molar-refractivity contribution in [1.82, 2.24) is 5.32 Å². The summed E-state index contributed by atoms with van der Waals surface area (Å²) in [4.78, 5) is 12.2. The molecule has 0 aliphatic carbocycles. The van der Waals surface area contributed by atoms with E-state index in [-0.39, 0.29) is 5.91 Å². The van der Waals surface area contributed by atoms with Crippen molar-refractivity contribution < 1.29 is 14.3 Å². The Balaban J connectivity index is 1.43. The standard InChI is InChI=1S/C19H21NO3S/c1-14-4-2-3-5-16(14)13-24-11-8-20-19(21)15-6-7-17-18(12-15)23-10-9-22-17/h2-7,12H,8-11,13H2,1H3,(H,20,21). The van der Waals surface area contributed by atoms with Gasteiger partial charge < -0.3 is 14.8 Å². The van der Waals surface area contributed by atoms with E-state index in [9.17, 15) is 4.79 Å². The average Bonchev–Trinajstić information content (AvgIpc) is 2.62. The Morgan fingerprint density at radius 3 is 2.75 bits per heavy atom. The molecule has 0 spiro atoms. The zero-order chi connectivity index (χ0) is 16.8. The van der Waals surface area contributed by atoms with E-state index in [0.717, 1.165) is 11.5 Å². The highest BCUT2D eigenvalue weighted by atomic mass is 32.2. The summed E-state index contributed by atoms with van der Waals surface area (Å²) < 4.78 is 11.0. The van der Waals surface area contributed by atoms with E-state index in [2.05, 4.69) is 36.5 Å². The van der Waals surface area contributed by atoms with Crippen LogP contribution in [0.2, 0.25) is 0 Å². The fourth-order valence-electron chi connectivity index (χ4n) is 2.48. The Labute approximate surface area is 146 Å². The first kappa shape index (κ1) is 16.7. The number of rotatable bonds is 6. The van der Waals surface area contributed by atoms with Crippen molar-refractivity contribution in [2.24, 2.45) is 0 Å². The summed E-state index contributed by atoms with van der Waals surface area (Å²) >= 11 is 1.82. The molecule has 5 heteroatoms. The monoisotopic (exact) mass is 343 g/mol. The van der Waals surface area contributed by atoms with Crippen molar-refractivity contribution in [2.45, 2.75) is 12.7 Å². The quantitative estimate of drug-likeness (QED) is 0.817. The smallest absolute Gasteiger partial charge is 0.251 e. The molecule has 1 amide bonds. The van der Waals surface area contributed by atoms with Gasteiger partial charge >= 0.3 is 0 Å². The van der Waals surface area contributed by atoms with Gasteiger partial charge in [0, 0.05) is 23.6 Å². The van der Waals surface area contributed by atoms with Gasteiger partial charge in [-0.1, -0.05) is 24.3 Å². The lowest BCUT2D eigenvalue weighted by Gasteiger charge is -2.18. The maximum atomic E-state index is 12.2. The van der Waals surface area contributed by atoms with Gasteiger partial charge in [0.05, 0.1) is 0 Å². The topological polar surface area (TPSA) is 47.6 Å². The summed E-state index contributed by atoms with van der Waals surface area (Å²) in [5.74, 6) is 3.11. The normalized spacial score (nSPS) is 12.7. The van der Waals surface area contributed by atoms with Crippen LogP contribution in [0.1, 0.15) is 21.5 Å². The zero-order valence-electron chi connectivity index (χ0n) is 13.7. The Morgan fingerprint density at radius 2 is 1.92 bits per heavy atom. The van der Waals surface area contributed by atoms with Crippen LogP contribution in [-0.2, 0) is 5.75 Å². The van der Waals surface area contributed by atoms with Gasteiger partial charge in [-0.25, -0.2) is 0 Å². The molecule has 0 bridgehead atoms. The minimum Gasteiger partial charge on any atom is -0.486 e. The van der Waals surface area contributed by atoms with E-state index < -0.39 is 0 Å². The third-order valence-corrected chi connectivity index (χ3v) is 4.86. The first-order chi connectivity index (χ1) is 11.7. The largest absolute Gasteiger partial charge is 0.486 e. The summed E-state index contributed by atoms with van der Waals surface area (Å²) in [5.41, 5.74) is 3.26. The Morgan fingerprint density at radius 1 is 1.12 bits per heavy atom. The van der Waals surface area contributed by atoms with Gasteiger partial charge in [-0.05, 0) is 36.2 Å². The second-order valence-electron chi connectivity index (χ2n) is 5.59. The molecule has 4 nitrogen and oxygen atoms in total. The van der Waals surface area contributed by atoms with Crippen LogP contribution in [0.15, 0.2) is 42.5 Å². The third-order valence-electron chi connectivity index (χ3n) is 3.86. The van der Waals surface area contributed by atoms with Crippen molar-refractivity contribution in [1.29, 1.82) is 0 Å². The Bertz CT molecular complexity index is 718. The molecule has 1 aliphatic rings. The number of fused-ring (bicyclic) bond motifs is 1. The van der Waals surface area contributed by atoms with E-state index in [1.807, 2.05) is 11.8 Å². The van der Waals surface area contributed by atoms with Crippen LogP contribution in [0.3, 0.4) is 0 Å². The van der Waals surface area contributed by atoms with Crippen LogP contribution < -0.4 is 14.8 Å². The molecule has 0 fully saturated rings. The van der Waals surface area contributed by atoms with E-state index in [4.69, 9.17) is 9.47 Å². The number of hydrogen-bond acceptors (Lipinski definition) is 4. The SMILES string of the molecule is Cc1ccccc1CSCCNC(=O)c1ccc2c(c1)OCCO2. The number of benzene rings is 2. The molecule has 1 heterocycles. The molecule has 0 radical (unpaired) electrons. The van der Waals surface area contributed by atoms with Gasteiger partial charge in [-0.15, -0.1) is 0 Å². The molecule has 0 aromatic heterocycles. The number of carbonyl (C=O) groups excluding carboxylic acids is 1. The number of hydrogen-bond donors (Lipinski definition) is 1. The van der Waals surface area contributed by atoms with Crippen LogP contribution >= 0.6 is 11.8 Å². The molecule has 0 atom stereocenters. The fraction of sp³-hybridized carbons (Fsp3) is 0.316. The van der Waals surface area contributed by atoms with Crippen molar-refractivity contribution in [3.63, 3.8) is 0 Å².